The van der Waals surface area contributed by atoms with Gasteiger partial charge in [-0.15, -0.1) is 0 Å². The van der Waals surface area contributed by atoms with E-state index in [2.05, 4.69) is 10.1 Å². The van der Waals surface area contributed by atoms with Crippen LogP contribution in [0.1, 0.15) is 5.56 Å². The summed E-state index contributed by atoms with van der Waals surface area (Å²) in [5, 5.41) is 2.21. The number of carbonyl (C=O) groups is 2. The molecule has 0 aliphatic heterocycles. The van der Waals surface area contributed by atoms with Crippen LogP contribution < -0.4 is 5.32 Å². The van der Waals surface area contributed by atoms with Crippen LogP contribution in [-0.2, 0) is 14.3 Å². The van der Waals surface area contributed by atoms with Crippen molar-refractivity contribution < 1.29 is 18.7 Å². The van der Waals surface area contributed by atoms with E-state index in [4.69, 9.17) is 0 Å². The predicted molar refractivity (Wildman–Crippen MR) is 51.8 cm³/mol. The van der Waals surface area contributed by atoms with Gasteiger partial charge in [0, 0.05) is 5.69 Å². The number of ether oxygens (including phenoxy) is 1. The Labute approximate surface area is 86.0 Å². The normalized spacial score (nSPS) is 9.53. The van der Waals surface area contributed by atoms with Crippen molar-refractivity contribution >= 4 is 17.6 Å². The first kappa shape index (κ1) is 11.2. The van der Waals surface area contributed by atoms with Gasteiger partial charge in [0.1, 0.15) is 5.82 Å². The number of amides is 1. The van der Waals surface area contributed by atoms with Crippen molar-refractivity contribution in [1.82, 2.24) is 0 Å². The molecule has 0 atom stereocenters. The molecule has 0 aromatic heterocycles. The molecule has 0 saturated carbocycles. The molecule has 1 rings (SSSR count). The summed E-state index contributed by atoms with van der Waals surface area (Å²) in [5.74, 6) is -2.39. The summed E-state index contributed by atoms with van der Waals surface area (Å²) in [6.45, 7) is 1.60. The van der Waals surface area contributed by atoms with Gasteiger partial charge in [-0.1, -0.05) is 6.07 Å². The zero-order valence-corrected chi connectivity index (χ0v) is 8.33. The molecule has 0 bridgehead atoms. The minimum atomic E-state index is -1.02. The van der Waals surface area contributed by atoms with Gasteiger partial charge >= 0.3 is 11.9 Å². The smallest absolute Gasteiger partial charge is 0.396 e. The second-order valence-corrected chi connectivity index (χ2v) is 2.91. The molecule has 1 N–H and O–H groups in total. The number of hydrogen-bond acceptors (Lipinski definition) is 3. The summed E-state index contributed by atoms with van der Waals surface area (Å²) in [6, 6.07) is 4.14. The number of anilines is 1. The highest BCUT2D eigenvalue weighted by molar-refractivity contribution is 6.37. The van der Waals surface area contributed by atoms with Crippen LogP contribution >= 0.6 is 0 Å². The third kappa shape index (κ3) is 2.77. The minimum absolute atomic E-state index is 0.216. The molecule has 0 saturated heterocycles. The molecule has 4 nitrogen and oxygen atoms in total. The van der Waals surface area contributed by atoms with Crippen molar-refractivity contribution in [1.29, 1.82) is 0 Å². The lowest BCUT2D eigenvalue weighted by Crippen LogP contribution is -2.23. The molecule has 80 valence electrons. The molecule has 15 heavy (non-hydrogen) atoms. The third-order valence-electron chi connectivity index (χ3n) is 1.80. The molecular weight excluding hydrogens is 201 g/mol. The van der Waals surface area contributed by atoms with Crippen LogP contribution in [0.4, 0.5) is 10.1 Å². The van der Waals surface area contributed by atoms with Crippen molar-refractivity contribution in [2.75, 3.05) is 12.4 Å². The number of halogens is 1. The highest BCUT2D eigenvalue weighted by Gasteiger charge is 2.13. The van der Waals surface area contributed by atoms with E-state index in [0.29, 0.717) is 5.56 Å². The molecule has 0 fully saturated rings. The third-order valence-corrected chi connectivity index (χ3v) is 1.80. The zero-order valence-electron chi connectivity index (χ0n) is 8.33. The predicted octanol–water partition coefficient (Wildman–Crippen LogP) is 1.25. The number of nitrogens with one attached hydrogen (secondary N) is 1. The van der Waals surface area contributed by atoms with Crippen LogP contribution in [-0.4, -0.2) is 19.0 Å². The number of benzene rings is 1. The first-order valence-corrected chi connectivity index (χ1v) is 4.20. The maximum Gasteiger partial charge on any atom is 0.396 e. The van der Waals surface area contributed by atoms with E-state index in [9.17, 15) is 14.0 Å². The Morgan fingerprint density at radius 2 is 2.07 bits per heavy atom. The molecule has 0 unspecified atom stereocenters. The summed E-state index contributed by atoms with van der Waals surface area (Å²) < 4.78 is 17.2. The highest BCUT2D eigenvalue weighted by Crippen LogP contribution is 2.13. The van der Waals surface area contributed by atoms with Gasteiger partial charge < -0.3 is 10.1 Å². The highest BCUT2D eigenvalue weighted by atomic mass is 19.1. The monoisotopic (exact) mass is 211 g/mol. The molecule has 5 heteroatoms. The molecule has 0 spiro atoms. The average Bonchev–Trinajstić information content (AvgIpc) is 2.22. The molecule has 0 aliphatic rings. The summed E-state index contributed by atoms with van der Waals surface area (Å²) in [5.41, 5.74) is 0.680. The van der Waals surface area contributed by atoms with Crippen LogP contribution in [0.5, 0.6) is 0 Å². The number of methoxy groups -OCH3 is 1. The largest absolute Gasteiger partial charge is 0.462 e. The summed E-state index contributed by atoms with van der Waals surface area (Å²) in [4.78, 5) is 21.8. The number of esters is 1. The summed E-state index contributed by atoms with van der Waals surface area (Å²) >= 11 is 0. The van der Waals surface area contributed by atoms with Gasteiger partial charge in [-0.25, -0.2) is 9.18 Å². The van der Waals surface area contributed by atoms with E-state index < -0.39 is 17.7 Å². The van der Waals surface area contributed by atoms with E-state index in [1.807, 2.05) is 0 Å². The van der Waals surface area contributed by atoms with E-state index >= 15 is 0 Å². The van der Waals surface area contributed by atoms with Gasteiger partial charge in [-0.05, 0) is 24.6 Å². The number of rotatable bonds is 1. The van der Waals surface area contributed by atoms with Crippen molar-refractivity contribution in [3.8, 4) is 0 Å². The lowest BCUT2D eigenvalue weighted by Gasteiger charge is -2.04. The number of hydrogen-bond donors (Lipinski definition) is 1. The Bertz CT molecular complexity index is 404. The van der Waals surface area contributed by atoms with E-state index in [0.717, 1.165) is 13.2 Å². The van der Waals surface area contributed by atoms with Gasteiger partial charge in [-0.2, -0.15) is 0 Å². The fraction of sp³-hybridized carbons (Fsp3) is 0.200. The standard InChI is InChI=1S/C10H10FNO3/c1-6-3-4-7(5-8(6)11)12-9(13)10(14)15-2/h3-5H,1-2H3,(H,12,13). The molecule has 1 aromatic rings. The fourth-order valence-corrected chi connectivity index (χ4v) is 0.945. The summed E-state index contributed by atoms with van der Waals surface area (Å²) in [6.07, 6.45) is 0. The van der Waals surface area contributed by atoms with Gasteiger partial charge in [0.25, 0.3) is 0 Å². The maximum absolute atomic E-state index is 13.0. The second-order valence-electron chi connectivity index (χ2n) is 2.91. The quantitative estimate of drug-likeness (QED) is 0.561. The van der Waals surface area contributed by atoms with Crippen molar-refractivity contribution in [2.45, 2.75) is 6.92 Å². The first-order valence-electron chi connectivity index (χ1n) is 4.20. The molecule has 1 amide bonds. The van der Waals surface area contributed by atoms with Crippen LogP contribution in [0, 0.1) is 12.7 Å². The van der Waals surface area contributed by atoms with Crippen molar-refractivity contribution in [3.05, 3.63) is 29.6 Å². The second kappa shape index (κ2) is 4.54. The van der Waals surface area contributed by atoms with Crippen LogP contribution in [0.2, 0.25) is 0 Å². The Morgan fingerprint density at radius 1 is 1.40 bits per heavy atom. The van der Waals surface area contributed by atoms with Crippen LogP contribution in [0.15, 0.2) is 18.2 Å². The van der Waals surface area contributed by atoms with E-state index in [1.54, 1.807) is 6.92 Å². The minimum Gasteiger partial charge on any atom is -0.462 e. The van der Waals surface area contributed by atoms with E-state index in [1.165, 1.54) is 12.1 Å². The van der Waals surface area contributed by atoms with Crippen molar-refractivity contribution in [3.63, 3.8) is 0 Å². The maximum atomic E-state index is 13.0. The zero-order chi connectivity index (χ0) is 11.4. The number of aryl methyl sites for hydroxylation is 1. The number of carbonyl (C=O) groups excluding carboxylic acids is 2. The fourth-order valence-electron chi connectivity index (χ4n) is 0.945. The molecule has 0 heterocycles. The average molecular weight is 211 g/mol. The van der Waals surface area contributed by atoms with Gasteiger partial charge in [-0.3, -0.25) is 4.79 Å². The first-order chi connectivity index (χ1) is 7.04. The lowest BCUT2D eigenvalue weighted by molar-refractivity contribution is -0.150. The van der Waals surface area contributed by atoms with Gasteiger partial charge in [0.2, 0.25) is 0 Å². The SMILES string of the molecule is COC(=O)C(=O)Nc1ccc(C)c(F)c1. The van der Waals surface area contributed by atoms with E-state index in [-0.39, 0.29) is 5.69 Å². The Balaban J connectivity index is 2.77. The van der Waals surface area contributed by atoms with Gasteiger partial charge in [0.15, 0.2) is 0 Å². The summed E-state index contributed by atoms with van der Waals surface area (Å²) in [7, 11) is 1.09. The molecule has 1 aromatic carbocycles. The Morgan fingerprint density at radius 3 is 2.60 bits per heavy atom. The topological polar surface area (TPSA) is 55.4 Å². The van der Waals surface area contributed by atoms with Crippen LogP contribution in [0.3, 0.4) is 0 Å². The molecular formula is C10H10FNO3. The Hall–Kier alpha value is -1.91. The lowest BCUT2D eigenvalue weighted by atomic mass is 10.2. The van der Waals surface area contributed by atoms with Gasteiger partial charge in [0.05, 0.1) is 7.11 Å². The molecule has 0 radical (unpaired) electrons. The van der Waals surface area contributed by atoms with Crippen molar-refractivity contribution in [2.24, 2.45) is 0 Å². The van der Waals surface area contributed by atoms with Crippen LogP contribution in [0.25, 0.3) is 0 Å². The Kier molecular flexibility index (Phi) is 3.38. The molecule has 0 aliphatic carbocycles.